The van der Waals surface area contributed by atoms with Crippen LogP contribution in [0.3, 0.4) is 0 Å². The molecule has 3 heterocycles. The van der Waals surface area contributed by atoms with E-state index in [-0.39, 0.29) is 36.3 Å². The van der Waals surface area contributed by atoms with Crippen molar-refractivity contribution in [1.29, 1.82) is 0 Å². The van der Waals surface area contributed by atoms with Crippen LogP contribution in [-0.4, -0.2) is 93.6 Å². The molecule has 0 aromatic heterocycles. The average molecular weight is 504 g/mol. The fourth-order valence-corrected chi connectivity index (χ4v) is 7.26. The zero-order valence-corrected chi connectivity index (χ0v) is 23.2. The van der Waals surface area contributed by atoms with E-state index in [1.807, 2.05) is 20.8 Å². The summed E-state index contributed by atoms with van der Waals surface area (Å²) in [6, 6.07) is -0.911. The number of carbonyl (C=O) groups excluding carboxylic acids is 3. The molecule has 0 saturated carbocycles. The number of aliphatic hydroxyl groups excluding tert-OH is 1. The number of hydrogen-bond acceptors (Lipinski definition) is 5. The van der Waals surface area contributed by atoms with Crippen molar-refractivity contribution in [1.82, 2.24) is 14.7 Å². The van der Waals surface area contributed by atoms with E-state index >= 15 is 0 Å². The number of β-amino-alcohol motifs (C(OH)–C–C–N with tert-alkyl or cyclic N) is 1. The topological polar surface area (TPSA) is 90.4 Å². The van der Waals surface area contributed by atoms with Crippen molar-refractivity contribution in [3.8, 4) is 0 Å². The number of ether oxygens (including phenoxy) is 1. The molecular formula is C28H45N3O5. The van der Waals surface area contributed by atoms with E-state index in [1.54, 1.807) is 29.0 Å². The minimum Gasteiger partial charge on any atom is -0.395 e. The molecule has 8 nitrogen and oxygen atoms in total. The third-order valence-corrected chi connectivity index (χ3v) is 8.17. The summed E-state index contributed by atoms with van der Waals surface area (Å²) in [5.74, 6) is -2.15. The largest absolute Gasteiger partial charge is 0.395 e. The fourth-order valence-electron chi connectivity index (χ4n) is 7.26. The van der Waals surface area contributed by atoms with Crippen LogP contribution in [0.5, 0.6) is 0 Å². The van der Waals surface area contributed by atoms with Gasteiger partial charge in [-0.3, -0.25) is 14.4 Å². The van der Waals surface area contributed by atoms with Crippen molar-refractivity contribution >= 4 is 17.7 Å². The zero-order chi connectivity index (χ0) is 27.3. The Morgan fingerprint density at radius 1 is 1.14 bits per heavy atom. The van der Waals surface area contributed by atoms with Crippen LogP contribution in [0, 0.1) is 17.3 Å². The van der Waals surface area contributed by atoms with Crippen molar-refractivity contribution in [3.05, 3.63) is 25.3 Å². The Bertz CT molecular complexity index is 925. The van der Waals surface area contributed by atoms with Crippen LogP contribution in [0.4, 0.5) is 0 Å². The lowest BCUT2D eigenvalue weighted by Crippen LogP contribution is -2.61. The summed E-state index contributed by atoms with van der Waals surface area (Å²) >= 11 is 0. The van der Waals surface area contributed by atoms with Crippen molar-refractivity contribution in [3.63, 3.8) is 0 Å². The highest BCUT2D eigenvalue weighted by molar-refractivity contribution is 5.99. The summed E-state index contributed by atoms with van der Waals surface area (Å²) in [5, 5.41) is 9.85. The average Bonchev–Trinajstić information content (AvgIpc) is 3.31. The van der Waals surface area contributed by atoms with Gasteiger partial charge in [0, 0.05) is 32.2 Å². The molecule has 3 aliphatic rings. The van der Waals surface area contributed by atoms with Crippen molar-refractivity contribution in [2.45, 2.75) is 83.6 Å². The van der Waals surface area contributed by atoms with E-state index in [1.165, 1.54) is 4.90 Å². The Balaban J connectivity index is 2.09. The number of fused-ring (bicyclic) bond motifs is 1. The first-order valence-corrected chi connectivity index (χ1v) is 13.0. The van der Waals surface area contributed by atoms with E-state index in [9.17, 15) is 19.5 Å². The van der Waals surface area contributed by atoms with Crippen molar-refractivity contribution in [2.75, 3.05) is 33.3 Å². The Kier molecular flexibility index (Phi) is 7.57. The van der Waals surface area contributed by atoms with Crippen molar-refractivity contribution in [2.24, 2.45) is 17.3 Å². The summed E-state index contributed by atoms with van der Waals surface area (Å²) in [6.07, 6.45) is 5.18. The third kappa shape index (κ3) is 4.51. The van der Waals surface area contributed by atoms with Gasteiger partial charge in [-0.05, 0) is 45.4 Å². The first-order chi connectivity index (χ1) is 16.6. The van der Waals surface area contributed by atoms with Crippen LogP contribution in [-0.2, 0) is 19.1 Å². The highest BCUT2D eigenvalue weighted by Gasteiger charge is 2.78. The summed E-state index contributed by atoms with van der Waals surface area (Å²) in [6.45, 7) is 20.4. The number of likely N-dealkylation sites (tertiary alicyclic amines) is 1. The van der Waals surface area contributed by atoms with Gasteiger partial charge in [0.25, 0.3) is 0 Å². The van der Waals surface area contributed by atoms with Crippen LogP contribution in [0.25, 0.3) is 0 Å². The third-order valence-electron chi connectivity index (χ3n) is 8.17. The standard InChI is InChI=1S/C28H45N3O5/c1-10-14-29(9)22(33)19-20-23(34)30(16-17-32)21(28(20)13-12-27(19,8)36-28)24(35)31(15-11-2)26(6,7)18-25(3,4)5/h10-11,19-21,32H,1-2,12-18H2,3-9H3/t19-,20+,21?,27+,28?/m1/s1. The molecule has 0 aromatic rings. The normalized spacial score (nSPS) is 31.4. The van der Waals surface area contributed by atoms with E-state index in [2.05, 4.69) is 33.9 Å². The molecule has 0 radical (unpaired) electrons. The molecule has 2 unspecified atom stereocenters. The molecule has 3 aliphatic heterocycles. The lowest BCUT2D eigenvalue weighted by Gasteiger charge is -2.45. The molecule has 1 spiro atoms. The Labute approximate surface area is 216 Å². The lowest BCUT2D eigenvalue weighted by molar-refractivity contribution is -0.157. The van der Waals surface area contributed by atoms with Gasteiger partial charge in [-0.2, -0.15) is 0 Å². The molecule has 0 aliphatic carbocycles. The lowest BCUT2D eigenvalue weighted by atomic mass is 9.66. The Morgan fingerprint density at radius 3 is 2.28 bits per heavy atom. The highest BCUT2D eigenvalue weighted by Crippen LogP contribution is 2.63. The molecule has 3 rings (SSSR count). The van der Waals surface area contributed by atoms with E-state index < -0.39 is 34.6 Å². The van der Waals surface area contributed by atoms with E-state index in [0.29, 0.717) is 25.9 Å². The molecule has 3 amide bonds. The van der Waals surface area contributed by atoms with Gasteiger partial charge in [0.2, 0.25) is 17.7 Å². The molecule has 36 heavy (non-hydrogen) atoms. The quantitative estimate of drug-likeness (QED) is 0.463. The number of likely N-dealkylation sites (N-methyl/N-ethyl adjacent to an activating group) is 1. The molecule has 1 N–H and O–H groups in total. The molecule has 0 aromatic carbocycles. The number of carbonyl (C=O) groups is 3. The smallest absolute Gasteiger partial charge is 0.249 e. The predicted octanol–water partition coefficient (Wildman–Crippen LogP) is 2.62. The summed E-state index contributed by atoms with van der Waals surface area (Å²) in [4.78, 5) is 46.8. The number of rotatable bonds is 10. The minimum atomic E-state index is -1.11. The van der Waals surface area contributed by atoms with Gasteiger partial charge in [-0.15, -0.1) is 13.2 Å². The molecule has 2 bridgehead atoms. The SMILES string of the molecule is C=CCN(C)C(=O)[C@H]1[C@H]2C(=O)N(CCO)C(C(=O)N(CC=C)C(C)(C)CC(C)(C)C)C23CC[C@]1(C)O3. The molecule has 202 valence electrons. The van der Waals surface area contributed by atoms with Gasteiger partial charge < -0.3 is 24.5 Å². The van der Waals surface area contributed by atoms with Crippen LogP contribution >= 0.6 is 0 Å². The van der Waals surface area contributed by atoms with Crippen LogP contribution in [0.1, 0.15) is 60.8 Å². The second-order valence-electron chi connectivity index (χ2n) is 12.8. The number of aliphatic hydroxyl groups is 1. The summed E-state index contributed by atoms with van der Waals surface area (Å²) in [7, 11) is 1.69. The number of amides is 3. The number of nitrogens with zero attached hydrogens (tertiary/aromatic N) is 3. The maximum atomic E-state index is 14.5. The van der Waals surface area contributed by atoms with E-state index in [4.69, 9.17) is 4.74 Å². The Hall–Kier alpha value is -2.19. The molecule has 8 heteroatoms. The minimum absolute atomic E-state index is 0.0125. The monoisotopic (exact) mass is 503 g/mol. The highest BCUT2D eigenvalue weighted by atomic mass is 16.5. The van der Waals surface area contributed by atoms with Gasteiger partial charge in [0.1, 0.15) is 11.6 Å². The zero-order valence-electron chi connectivity index (χ0n) is 23.2. The van der Waals surface area contributed by atoms with Crippen molar-refractivity contribution < 1.29 is 24.2 Å². The fraction of sp³-hybridized carbons (Fsp3) is 0.750. The van der Waals surface area contributed by atoms with E-state index in [0.717, 1.165) is 6.42 Å². The number of hydrogen-bond donors (Lipinski definition) is 1. The van der Waals surface area contributed by atoms with Gasteiger partial charge in [-0.25, -0.2) is 0 Å². The Morgan fingerprint density at radius 2 is 1.75 bits per heavy atom. The van der Waals surface area contributed by atoms with Crippen LogP contribution < -0.4 is 0 Å². The second kappa shape index (κ2) is 9.60. The summed E-state index contributed by atoms with van der Waals surface area (Å²) < 4.78 is 6.67. The molecule has 3 saturated heterocycles. The van der Waals surface area contributed by atoms with Gasteiger partial charge in [0.15, 0.2) is 0 Å². The van der Waals surface area contributed by atoms with Crippen LogP contribution in [0.2, 0.25) is 0 Å². The maximum absolute atomic E-state index is 14.5. The maximum Gasteiger partial charge on any atom is 0.249 e. The van der Waals surface area contributed by atoms with Gasteiger partial charge >= 0.3 is 0 Å². The van der Waals surface area contributed by atoms with Gasteiger partial charge in [0.05, 0.1) is 24.0 Å². The molecular weight excluding hydrogens is 458 g/mol. The molecule has 3 fully saturated rings. The van der Waals surface area contributed by atoms with Crippen LogP contribution in [0.15, 0.2) is 25.3 Å². The first-order valence-electron chi connectivity index (χ1n) is 13.0. The predicted molar refractivity (Wildman–Crippen MR) is 139 cm³/mol. The van der Waals surface area contributed by atoms with Gasteiger partial charge in [-0.1, -0.05) is 32.9 Å². The summed E-state index contributed by atoms with van der Waals surface area (Å²) in [5.41, 5.74) is -2.50. The first kappa shape index (κ1) is 28.4. The second-order valence-corrected chi connectivity index (χ2v) is 12.8. The molecule has 5 atom stereocenters.